The normalized spacial score (nSPS) is 13.4. The lowest BCUT2D eigenvalue weighted by atomic mass is 10.0. The van der Waals surface area contributed by atoms with Crippen molar-refractivity contribution in [3.05, 3.63) is 85.1 Å². The first-order valence-corrected chi connectivity index (χ1v) is 19.5. The lowest BCUT2D eigenvalue weighted by molar-refractivity contribution is -0.150. The molecule has 2 unspecified atom stereocenters. The number of unbranched alkanes of at least 4 members (excludes halogenated alkanes) is 5. The Kier molecular flexibility index (Phi) is 34.0. The highest BCUT2D eigenvalue weighted by Gasteiger charge is 2.19. The van der Waals surface area contributed by atoms with Crippen LogP contribution < -0.4 is 10.6 Å². The molecule has 0 spiro atoms. The van der Waals surface area contributed by atoms with Gasteiger partial charge < -0.3 is 25.6 Å². The van der Waals surface area contributed by atoms with Crippen molar-refractivity contribution in [3.8, 4) is 0 Å². The summed E-state index contributed by atoms with van der Waals surface area (Å²) in [5.74, 6) is -2.48. The second-order valence-electron chi connectivity index (χ2n) is 12.6. The monoisotopic (exact) mass is 725 g/mol. The highest BCUT2D eigenvalue weighted by molar-refractivity contribution is 5.87. The number of rotatable bonds is 33. The number of hydrogen-bond acceptors (Lipinski definition) is 6. The van der Waals surface area contributed by atoms with Crippen molar-refractivity contribution < 1.29 is 34.1 Å². The van der Waals surface area contributed by atoms with Gasteiger partial charge in [0.15, 0.2) is 0 Å². The second-order valence-corrected chi connectivity index (χ2v) is 12.6. The minimum absolute atomic E-state index is 0.117. The summed E-state index contributed by atoms with van der Waals surface area (Å²) in [6.45, 7) is 3.21. The number of aliphatic hydroxyl groups is 1. The summed E-state index contributed by atoms with van der Waals surface area (Å²) in [6.07, 6.45) is 46.6. The van der Waals surface area contributed by atoms with Crippen LogP contribution in [0.1, 0.15) is 136 Å². The van der Waals surface area contributed by atoms with E-state index in [-0.39, 0.29) is 30.9 Å². The molecule has 0 fully saturated rings. The predicted octanol–water partition coefficient (Wildman–Crippen LogP) is 8.92. The number of carbonyl (C=O) groups is 4. The topological polar surface area (TPSA) is 142 Å². The van der Waals surface area contributed by atoms with Gasteiger partial charge in [-0.3, -0.25) is 14.4 Å². The number of hydrogen-bond donors (Lipinski definition) is 4. The molecule has 0 rings (SSSR count). The minimum atomic E-state index is -1.40. The smallest absolute Gasteiger partial charge is 0.328 e. The summed E-state index contributed by atoms with van der Waals surface area (Å²) in [5, 5.41) is 22.4. The summed E-state index contributed by atoms with van der Waals surface area (Å²) in [6, 6.07) is -1.40. The van der Waals surface area contributed by atoms with E-state index in [1.54, 1.807) is 0 Å². The van der Waals surface area contributed by atoms with Gasteiger partial charge in [0.05, 0.1) is 13.2 Å². The zero-order chi connectivity index (χ0) is 38.3. The SMILES string of the molecule is CC/C=C\C/C=C\C/C=C\C/C=C\C/C=C\C/C=C\C/C=C\CCCC(=O)OC(CCCCC)CCCCCC(=O)NCC(=O)NC(CO)C(=O)O. The van der Waals surface area contributed by atoms with Crippen LogP contribution in [0.2, 0.25) is 0 Å². The fourth-order valence-corrected chi connectivity index (χ4v) is 4.94. The van der Waals surface area contributed by atoms with E-state index in [0.29, 0.717) is 12.8 Å². The first-order chi connectivity index (χ1) is 25.3. The maximum absolute atomic E-state index is 12.5. The molecule has 2 atom stereocenters. The zero-order valence-electron chi connectivity index (χ0n) is 32.0. The standard InChI is InChI=1S/C43H68N2O7/c1-3-5-7-8-9-10-11-12-13-14-15-16-17-18-19-20-21-22-23-24-25-26-31-35-42(49)52-38(32-28-6-4-2)33-29-27-30-34-40(47)44-36-41(48)45-39(37-46)43(50)51/h5,7,9-10,12-13,15-16,18-19,21-22,24-25,38-39,46H,3-4,6,8,11,14,17,20,23,26-37H2,1-2H3,(H,44,47)(H,45,48)(H,50,51)/b7-5-,10-9-,13-12-,16-15-,19-18-,22-21-,25-24-. The Morgan fingerprint density at radius 3 is 1.58 bits per heavy atom. The predicted molar refractivity (Wildman–Crippen MR) is 213 cm³/mol. The zero-order valence-corrected chi connectivity index (χ0v) is 32.0. The van der Waals surface area contributed by atoms with Crippen molar-refractivity contribution in [1.82, 2.24) is 10.6 Å². The molecule has 0 heterocycles. The number of amides is 2. The van der Waals surface area contributed by atoms with Crippen LogP contribution in [0.25, 0.3) is 0 Å². The van der Waals surface area contributed by atoms with Gasteiger partial charge in [0, 0.05) is 12.8 Å². The van der Waals surface area contributed by atoms with Crippen molar-refractivity contribution in [1.29, 1.82) is 0 Å². The number of nitrogens with one attached hydrogen (secondary N) is 2. The van der Waals surface area contributed by atoms with E-state index in [1.807, 2.05) is 0 Å². The number of esters is 1. The molecule has 0 aromatic rings. The van der Waals surface area contributed by atoms with Crippen molar-refractivity contribution >= 4 is 23.8 Å². The van der Waals surface area contributed by atoms with Gasteiger partial charge in [-0.05, 0) is 89.9 Å². The highest BCUT2D eigenvalue weighted by Crippen LogP contribution is 2.16. The molecular formula is C43H68N2O7. The Morgan fingerprint density at radius 1 is 0.596 bits per heavy atom. The molecule has 0 saturated carbocycles. The van der Waals surface area contributed by atoms with Gasteiger partial charge in [0.1, 0.15) is 12.1 Å². The molecule has 292 valence electrons. The van der Waals surface area contributed by atoms with Gasteiger partial charge in [-0.15, -0.1) is 0 Å². The fraction of sp³-hybridized carbons (Fsp3) is 0.581. The van der Waals surface area contributed by atoms with Gasteiger partial charge in [0.2, 0.25) is 11.8 Å². The van der Waals surface area contributed by atoms with E-state index in [1.165, 1.54) is 0 Å². The molecule has 0 aromatic heterocycles. The molecule has 0 saturated heterocycles. The Bertz CT molecular complexity index is 1150. The number of allylic oxidation sites excluding steroid dienone is 14. The number of carboxylic acid groups (broad SMARTS) is 1. The number of aliphatic carboxylic acids is 1. The van der Waals surface area contributed by atoms with E-state index < -0.39 is 24.5 Å². The van der Waals surface area contributed by atoms with Crippen LogP contribution in [-0.2, 0) is 23.9 Å². The van der Waals surface area contributed by atoms with E-state index in [9.17, 15) is 19.2 Å². The summed E-state index contributed by atoms with van der Waals surface area (Å²) >= 11 is 0. The molecular weight excluding hydrogens is 656 g/mol. The summed E-state index contributed by atoms with van der Waals surface area (Å²) in [4.78, 5) is 47.2. The van der Waals surface area contributed by atoms with Crippen LogP contribution in [0.4, 0.5) is 0 Å². The highest BCUT2D eigenvalue weighted by atomic mass is 16.5. The van der Waals surface area contributed by atoms with Crippen LogP contribution in [0, 0.1) is 0 Å². The van der Waals surface area contributed by atoms with E-state index in [2.05, 4.69) is 110 Å². The lowest BCUT2D eigenvalue weighted by Crippen LogP contribution is -2.47. The summed E-state index contributed by atoms with van der Waals surface area (Å²) < 4.78 is 5.82. The Hall–Kier alpha value is -3.98. The Morgan fingerprint density at radius 2 is 1.10 bits per heavy atom. The summed E-state index contributed by atoms with van der Waals surface area (Å²) in [7, 11) is 0. The third-order valence-corrected chi connectivity index (χ3v) is 7.91. The molecule has 9 heteroatoms. The quantitative estimate of drug-likeness (QED) is 0.0301. The fourth-order valence-electron chi connectivity index (χ4n) is 4.94. The number of carboxylic acids is 1. The van der Waals surface area contributed by atoms with Crippen LogP contribution in [0.15, 0.2) is 85.1 Å². The van der Waals surface area contributed by atoms with Gasteiger partial charge in [-0.2, -0.15) is 0 Å². The van der Waals surface area contributed by atoms with Crippen molar-refractivity contribution in [2.24, 2.45) is 0 Å². The third-order valence-electron chi connectivity index (χ3n) is 7.91. The second kappa shape index (κ2) is 36.8. The van der Waals surface area contributed by atoms with Gasteiger partial charge in [0.25, 0.3) is 0 Å². The van der Waals surface area contributed by atoms with E-state index in [0.717, 1.165) is 103 Å². The van der Waals surface area contributed by atoms with Crippen molar-refractivity contribution in [2.75, 3.05) is 13.2 Å². The molecule has 0 aromatic carbocycles. The van der Waals surface area contributed by atoms with Crippen LogP contribution in [0.5, 0.6) is 0 Å². The molecule has 0 aliphatic heterocycles. The molecule has 0 radical (unpaired) electrons. The van der Waals surface area contributed by atoms with Crippen LogP contribution in [-0.4, -0.2) is 59.3 Å². The first kappa shape index (κ1) is 48.0. The molecule has 2 amide bonds. The molecule has 52 heavy (non-hydrogen) atoms. The largest absolute Gasteiger partial charge is 0.480 e. The average Bonchev–Trinajstić information content (AvgIpc) is 3.12. The third kappa shape index (κ3) is 33.2. The Labute approximate surface area is 314 Å². The maximum Gasteiger partial charge on any atom is 0.328 e. The Balaban J connectivity index is 4.08. The molecule has 0 aliphatic rings. The van der Waals surface area contributed by atoms with E-state index in [4.69, 9.17) is 14.9 Å². The van der Waals surface area contributed by atoms with Crippen LogP contribution >= 0.6 is 0 Å². The number of aliphatic hydroxyl groups excluding tert-OH is 1. The minimum Gasteiger partial charge on any atom is -0.480 e. The average molecular weight is 725 g/mol. The molecule has 4 N–H and O–H groups in total. The van der Waals surface area contributed by atoms with Gasteiger partial charge in [-0.25, -0.2) is 4.79 Å². The molecule has 0 aliphatic carbocycles. The van der Waals surface area contributed by atoms with Gasteiger partial charge >= 0.3 is 11.9 Å². The molecule has 9 nitrogen and oxygen atoms in total. The number of carbonyl (C=O) groups excluding carboxylic acids is 3. The van der Waals surface area contributed by atoms with Gasteiger partial charge in [-0.1, -0.05) is 118 Å². The summed E-state index contributed by atoms with van der Waals surface area (Å²) in [5.41, 5.74) is 0. The van der Waals surface area contributed by atoms with Crippen molar-refractivity contribution in [2.45, 2.75) is 148 Å². The molecule has 0 bridgehead atoms. The lowest BCUT2D eigenvalue weighted by Gasteiger charge is -2.18. The van der Waals surface area contributed by atoms with Crippen molar-refractivity contribution in [3.63, 3.8) is 0 Å². The van der Waals surface area contributed by atoms with Crippen LogP contribution in [0.3, 0.4) is 0 Å². The first-order valence-electron chi connectivity index (χ1n) is 19.5. The van der Waals surface area contributed by atoms with E-state index >= 15 is 0 Å². The maximum atomic E-state index is 12.5. The number of ether oxygens (including phenoxy) is 1.